The summed E-state index contributed by atoms with van der Waals surface area (Å²) in [5, 5.41) is 13.2. The van der Waals surface area contributed by atoms with E-state index in [-0.39, 0.29) is 6.61 Å². The normalized spacial score (nSPS) is 10.7. The lowest BCUT2D eigenvalue weighted by Gasteiger charge is -2.08. The topological polar surface area (TPSA) is 52.8 Å². The van der Waals surface area contributed by atoms with Crippen LogP contribution in [0.3, 0.4) is 0 Å². The fourth-order valence-electron chi connectivity index (χ4n) is 1.81. The van der Waals surface area contributed by atoms with Crippen LogP contribution in [0.15, 0.2) is 42.5 Å². The third-order valence-electron chi connectivity index (χ3n) is 2.86. The van der Waals surface area contributed by atoms with Crippen LogP contribution < -0.4 is 4.74 Å². The Kier molecular flexibility index (Phi) is 4.47. The van der Waals surface area contributed by atoms with Crippen LogP contribution in [0.25, 0.3) is 5.69 Å². The molecular weight excluding hydrogens is 347 g/mol. The van der Waals surface area contributed by atoms with Crippen molar-refractivity contribution in [3.05, 3.63) is 63.4 Å². The first-order valence-corrected chi connectivity index (χ1v) is 7.38. The fourth-order valence-corrected chi connectivity index (χ4v) is 2.40. The van der Waals surface area contributed by atoms with Gasteiger partial charge >= 0.3 is 0 Å². The van der Waals surface area contributed by atoms with E-state index in [0.29, 0.717) is 26.6 Å². The Hall–Kier alpha value is -1.82. The summed E-state index contributed by atoms with van der Waals surface area (Å²) in [5.41, 5.74) is 0.787. The van der Waals surface area contributed by atoms with Gasteiger partial charge in [-0.3, -0.25) is 0 Å². The third kappa shape index (κ3) is 3.32. The number of tetrazole rings is 1. The summed E-state index contributed by atoms with van der Waals surface area (Å²) in [6.45, 7) is 0.164. The maximum Gasteiger partial charge on any atom is 0.194 e. The molecule has 5 nitrogen and oxygen atoms in total. The predicted octanol–water partition coefficient (Wildman–Crippen LogP) is 4.20. The molecule has 0 fully saturated rings. The van der Waals surface area contributed by atoms with Gasteiger partial charge < -0.3 is 4.74 Å². The first-order valence-electron chi connectivity index (χ1n) is 6.24. The average molecular weight is 356 g/mol. The summed E-state index contributed by atoms with van der Waals surface area (Å²) in [5.74, 6) is 1.05. The lowest BCUT2D eigenvalue weighted by Crippen LogP contribution is -2.07. The monoisotopic (exact) mass is 354 g/mol. The Morgan fingerprint density at radius 3 is 2.41 bits per heavy atom. The van der Waals surface area contributed by atoms with Crippen molar-refractivity contribution in [1.29, 1.82) is 0 Å². The highest BCUT2D eigenvalue weighted by molar-refractivity contribution is 6.35. The maximum atomic E-state index is 6.06. The number of benzene rings is 2. The molecule has 0 aliphatic heterocycles. The molecule has 0 N–H and O–H groups in total. The lowest BCUT2D eigenvalue weighted by atomic mass is 10.3. The van der Waals surface area contributed by atoms with E-state index < -0.39 is 0 Å². The SMILES string of the molecule is Clc1ccc(-n2nnnc2COc2ccc(Cl)cc2Cl)cc1. The van der Waals surface area contributed by atoms with Crippen molar-refractivity contribution in [3.63, 3.8) is 0 Å². The predicted molar refractivity (Wildman–Crippen MR) is 85.0 cm³/mol. The smallest absolute Gasteiger partial charge is 0.194 e. The maximum absolute atomic E-state index is 6.06. The molecule has 0 unspecified atom stereocenters. The summed E-state index contributed by atoms with van der Waals surface area (Å²) < 4.78 is 7.21. The van der Waals surface area contributed by atoms with Gasteiger partial charge in [-0.25, -0.2) is 0 Å². The molecule has 0 atom stereocenters. The molecule has 1 aromatic heterocycles. The molecule has 112 valence electrons. The number of ether oxygens (including phenoxy) is 1. The van der Waals surface area contributed by atoms with E-state index in [1.807, 2.05) is 12.1 Å². The van der Waals surface area contributed by atoms with Crippen molar-refractivity contribution in [2.75, 3.05) is 0 Å². The molecule has 0 saturated carbocycles. The first kappa shape index (κ1) is 15.1. The van der Waals surface area contributed by atoms with Crippen LogP contribution in [0.2, 0.25) is 15.1 Å². The third-order valence-corrected chi connectivity index (χ3v) is 3.64. The Labute approximate surface area is 141 Å². The summed E-state index contributed by atoms with van der Waals surface area (Å²) in [6, 6.07) is 12.2. The van der Waals surface area contributed by atoms with Gasteiger partial charge in [-0.05, 0) is 52.9 Å². The van der Waals surface area contributed by atoms with Crippen molar-refractivity contribution >= 4 is 34.8 Å². The molecular formula is C14H9Cl3N4O. The van der Waals surface area contributed by atoms with Crippen LogP contribution in [0.1, 0.15) is 5.82 Å². The van der Waals surface area contributed by atoms with Crippen LogP contribution in [0, 0.1) is 0 Å². The van der Waals surface area contributed by atoms with Gasteiger partial charge in [-0.1, -0.05) is 34.8 Å². The lowest BCUT2D eigenvalue weighted by molar-refractivity contribution is 0.292. The van der Waals surface area contributed by atoms with E-state index in [2.05, 4.69) is 15.5 Å². The summed E-state index contributed by atoms with van der Waals surface area (Å²) in [7, 11) is 0. The van der Waals surface area contributed by atoms with Crippen LogP contribution in [0.4, 0.5) is 0 Å². The van der Waals surface area contributed by atoms with Gasteiger partial charge in [0.05, 0.1) is 10.7 Å². The molecule has 0 amide bonds. The highest BCUT2D eigenvalue weighted by Crippen LogP contribution is 2.28. The standard InChI is InChI=1S/C14H9Cl3N4O/c15-9-1-4-11(5-2-9)21-14(18-19-20-21)8-22-13-6-3-10(16)7-12(13)17/h1-7H,8H2. The van der Waals surface area contributed by atoms with Crippen LogP contribution >= 0.6 is 34.8 Å². The Morgan fingerprint density at radius 1 is 0.955 bits per heavy atom. The average Bonchev–Trinajstić information content (AvgIpc) is 2.95. The van der Waals surface area contributed by atoms with Crippen molar-refractivity contribution in [2.24, 2.45) is 0 Å². The van der Waals surface area contributed by atoms with E-state index in [9.17, 15) is 0 Å². The molecule has 0 saturated heterocycles. The zero-order valence-corrected chi connectivity index (χ0v) is 13.3. The molecule has 0 radical (unpaired) electrons. The van der Waals surface area contributed by atoms with Crippen molar-refractivity contribution < 1.29 is 4.74 Å². The zero-order chi connectivity index (χ0) is 15.5. The Balaban J connectivity index is 1.79. The quantitative estimate of drug-likeness (QED) is 0.704. The molecule has 8 heteroatoms. The van der Waals surface area contributed by atoms with Gasteiger partial charge in [0.15, 0.2) is 5.82 Å². The van der Waals surface area contributed by atoms with E-state index in [1.165, 1.54) is 0 Å². The minimum Gasteiger partial charge on any atom is -0.484 e. The van der Waals surface area contributed by atoms with Gasteiger partial charge in [-0.15, -0.1) is 5.10 Å². The van der Waals surface area contributed by atoms with Gasteiger partial charge in [0.1, 0.15) is 12.4 Å². The number of nitrogens with zero attached hydrogens (tertiary/aromatic N) is 4. The van der Waals surface area contributed by atoms with E-state index in [0.717, 1.165) is 5.69 Å². The van der Waals surface area contributed by atoms with Crippen molar-refractivity contribution in [2.45, 2.75) is 6.61 Å². The summed E-state index contributed by atoms with van der Waals surface area (Å²) in [6.07, 6.45) is 0. The molecule has 3 aromatic rings. The zero-order valence-electron chi connectivity index (χ0n) is 11.1. The molecule has 0 bridgehead atoms. The van der Waals surface area contributed by atoms with Gasteiger partial charge in [0.2, 0.25) is 0 Å². The van der Waals surface area contributed by atoms with Crippen molar-refractivity contribution in [1.82, 2.24) is 20.2 Å². The van der Waals surface area contributed by atoms with Gasteiger partial charge in [-0.2, -0.15) is 4.68 Å². The van der Waals surface area contributed by atoms with Crippen LogP contribution in [-0.2, 0) is 6.61 Å². The highest BCUT2D eigenvalue weighted by Gasteiger charge is 2.10. The Bertz CT molecular complexity index is 789. The summed E-state index contributed by atoms with van der Waals surface area (Å²) in [4.78, 5) is 0. The second-order valence-electron chi connectivity index (χ2n) is 4.35. The minimum atomic E-state index is 0.164. The second-order valence-corrected chi connectivity index (χ2v) is 5.63. The molecule has 22 heavy (non-hydrogen) atoms. The molecule has 1 heterocycles. The number of rotatable bonds is 4. The highest BCUT2D eigenvalue weighted by atomic mass is 35.5. The van der Waals surface area contributed by atoms with E-state index in [4.69, 9.17) is 39.5 Å². The van der Waals surface area contributed by atoms with E-state index >= 15 is 0 Å². The number of halogens is 3. The van der Waals surface area contributed by atoms with E-state index in [1.54, 1.807) is 35.0 Å². The number of hydrogen-bond acceptors (Lipinski definition) is 4. The molecule has 0 aliphatic carbocycles. The number of aromatic nitrogens is 4. The second kappa shape index (κ2) is 6.52. The molecule has 0 aliphatic rings. The van der Waals surface area contributed by atoms with Crippen LogP contribution in [0.5, 0.6) is 5.75 Å². The number of hydrogen-bond donors (Lipinski definition) is 0. The molecule has 0 spiro atoms. The fraction of sp³-hybridized carbons (Fsp3) is 0.0714. The molecule has 3 rings (SSSR count). The Morgan fingerprint density at radius 2 is 1.68 bits per heavy atom. The molecule has 2 aromatic carbocycles. The minimum absolute atomic E-state index is 0.164. The van der Waals surface area contributed by atoms with Gasteiger partial charge in [0.25, 0.3) is 0 Å². The van der Waals surface area contributed by atoms with Crippen LogP contribution in [-0.4, -0.2) is 20.2 Å². The van der Waals surface area contributed by atoms with Gasteiger partial charge in [0, 0.05) is 10.0 Å². The first-order chi connectivity index (χ1) is 10.6. The largest absolute Gasteiger partial charge is 0.484 e. The summed E-state index contributed by atoms with van der Waals surface area (Å²) >= 11 is 17.8. The van der Waals surface area contributed by atoms with Crippen molar-refractivity contribution in [3.8, 4) is 11.4 Å².